The molecule has 106 valence electrons. The lowest BCUT2D eigenvalue weighted by Crippen LogP contribution is -1.96. The Morgan fingerprint density at radius 1 is 1.19 bits per heavy atom. The summed E-state index contributed by atoms with van der Waals surface area (Å²) in [6, 6.07) is 12.0. The first-order valence-corrected chi connectivity index (χ1v) is 8.25. The molecular weight excluding hydrogens is 300 g/mol. The fraction of sp³-hybridized carbons (Fsp3) is 0.133. The maximum absolute atomic E-state index is 5.73. The van der Waals surface area contributed by atoms with E-state index in [0.717, 1.165) is 16.5 Å². The number of nitrogen functional groups attached to an aromatic ring is 1. The van der Waals surface area contributed by atoms with Crippen molar-refractivity contribution in [1.82, 2.24) is 15.0 Å². The van der Waals surface area contributed by atoms with Crippen LogP contribution in [0.15, 0.2) is 47.8 Å². The molecule has 2 N–H and O–H groups in total. The van der Waals surface area contributed by atoms with E-state index in [-0.39, 0.29) is 0 Å². The van der Waals surface area contributed by atoms with Crippen molar-refractivity contribution >= 4 is 28.9 Å². The summed E-state index contributed by atoms with van der Waals surface area (Å²) in [5.41, 5.74) is 7.81. The molecule has 3 rings (SSSR count). The number of nitrogens with two attached hydrogens (primary N) is 1. The van der Waals surface area contributed by atoms with Gasteiger partial charge >= 0.3 is 0 Å². The van der Waals surface area contributed by atoms with Gasteiger partial charge in [-0.2, -0.15) is 0 Å². The number of aryl methyl sites for hydroxylation is 1. The Morgan fingerprint density at radius 2 is 2.00 bits per heavy atom. The van der Waals surface area contributed by atoms with Gasteiger partial charge in [-0.25, -0.2) is 15.0 Å². The van der Waals surface area contributed by atoms with Crippen molar-refractivity contribution in [3.8, 4) is 10.4 Å². The number of aromatic nitrogens is 3. The minimum Gasteiger partial charge on any atom is -0.384 e. The molecular formula is C15H14N4S2. The van der Waals surface area contributed by atoms with Crippen LogP contribution < -0.4 is 5.73 Å². The number of thiazole rings is 1. The molecule has 0 saturated carbocycles. The SMILES string of the molecule is Cc1cc(N)nc(SCc2ncc(-c3ccccc3)s2)n1. The molecule has 0 bridgehead atoms. The van der Waals surface area contributed by atoms with Crippen molar-refractivity contribution in [2.45, 2.75) is 17.8 Å². The van der Waals surface area contributed by atoms with Crippen LogP contribution in [0.2, 0.25) is 0 Å². The lowest BCUT2D eigenvalue weighted by Gasteiger charge is -2.01. The lowest BCUT2D eigenvalue weighted by atomic mass is 10.2. The van der Waals surface area contributed by atoms with E-state index >= 15 is 0 Å². The Bertz CT molecular complexity index is 720. The minimum atomic E-state index is 0.508. The maximum Gasteiger partial charge on any atom is 0.190 e. The molecule has 0 aliphatic carbocycles. The smallest absolute Gasteiger partial charge is 0.190 e. The number of hydrogen-bond acceptors (Lipinski definition) is 6. The van der Waals surface area contributed by atoms with Crippen molar-refractivity contribution in [1.29, 1.82) is 0 Å². The summed E-state index contributed by atoms with van der Waals surface area (Å²) in [6.07, 6.45) is 1.92. The van der Waals surface area contributed by atoms with E-state index in [1.807, 2.05) is 31.3 Å². The molecule has 0 aliphatic heterocycles. The van der Waals surface area contributed by atoms with Crippen LogP contribution in [-0.2, 0) is 5.75 Å². The van der Waals surface area contributed by atoms with E-state index in [1.54, 1.807) is 29.2 Å². The molecule has 6 heteroatoms. The second kappa shape index (κ2) is 6.24. The van der Waals surface area contributed by atoms with Gasteiger partial charge in [0.05, 0.1) is 10.6 Å². The van der Waals surface area contributed by atoms with Crippen LogP contribution in [0.1, 0.15) is 10.7 Å². The molecule has 0 fully saturated rings. The van der Waals surface area contributed by atoms with E-state index in [9.17, 15) is 0 Å². The average Bonchev–Trinajstić information content (AvgIpc) is 2.94. The van der Waals surface area contributed by atoms with Crippen molar-refractivity contribution in [3.05, 3.63) is 53.3 Å². The summed E-state index contributed by atoms with van der Waals surface area (Å²) < 4.78 is 0. The molecule has 1 aromatic carbocycles. The van der Waals surface area contributed by atoms with Crippen molar-refractivity contribution in [2.24, 2.45) is 0 Å². The first-order valence-electron chi connectivity index (χ1n) is 6.45. The molecule has 2 heterocycles. The zero-order chi connectivity index (χ0) is 14.7. The number of anilines is 1. The Labute approximate surface area is 131 Å². The summed E-state index contributed by atoms with van der Waals surface area (Å²) in [7, 11) is 0. The quantitative estimate of drug-likeness (QED) is 0.586. The van der Waals surface area contributed by atoms with E-state index in [1.165, 1.54) is 10.4 Å². The summed E-state index contributed by atoms with van der Waals surface area (Å²) in [4.78, 5) is 14.2. The average molecular weight is 314 g/mol. The Hall–Kier alpha value is -1.92. The Kier molecular flexibility index (Phi) is 4.17. The zero-order valence-electron chi connectivity index (χ0n) is 11.5. The number of hydrogen-bond donors (Lipinski definition) is 1. The minimum absolute atomic E-state index is 0.508. The zero-order valence-corrected chi connectivity index (χ0v) is 13.1. The first-order chi connectivity index (χ1) is 10.2. The standard InChI is InChI=1S/C15H14N4S2/c1-10-7-13(16)19-15(18-10)20-9-14-17-8-12(21-14)11-5-3-2-4-6-11/h2-8H,9H2,1H3,(H2,16,18,19). The highest BCUT2D eigenvalue weighted by Gasteiger charge is 2.07. The fourth-order valence-electron chi connectivity index (χ4n) is 1.87. The van der Waals surface area contributed by atoms with Gasteiger partial charge in [0.1, 0.15) is 10.8 Å². The molecule has 0 spiro atoms. The summed E-state index contributed by atoms with van der Waals surface area (Å²) in [6.45, 7) is 1.92. The first kappa shape index (κ1) is 14.0. The highest BCUT2D eigenvalue weighted by molar-refractivity contribution is 7.98. The molecule has 0 atom stereocenters. The van der Waals surface area contributed by atoms with Gasteiger partial charge in [0.15, 0.2) is 5.16 Å². The van der Waals surface area contributed by atoms with Gasteiger partial charge in [0.25, 0.3) is 0 Å². The van der Waals surface area contributed by atoms with Gasteiger partial charge in [-0.15, -0.1) is 11.3 Å². The van der Waals surface area contributed by atoms with Gasteiger partial charge in [0, 0.05) is 18.0 Å². The normalized spacial score (nSPS) is 10.7. The summed E-state index contributed by atoms with van der Waals surface area (Å²) >= 11 is 3.25. The molecule has 2 aromatic heterocycles. The molecule has 21 heavy (non-hydrogen) atoms. The predicted octanol–water partition coefficient (Wildman–Crippen LogP) is 3.78. The third kappa shape index (κ3) is 3.59. The third-order valence-corrected chi connectivity index (χ3v) is 4.88. The van der Waals surface area contributed by atoms with Gasteiger partial charge in [-0.05, 0) is 12.5 Å². The van der Waals surface area contributed by atoms with E-state index in [2.05, 4.69) is 27.1 Å². The van der Waals surface area contributed by atoms with Gasteiger partial charge < -0.3 is 5.73 Å². The van der Waals surface area contributed by atoms with Gasteiger partial charge in [0.2, 0.25) is 0 Å². The second-order valence-corrected chi connectivity index (χ2v) is 6.55. The second-order valence-electron chi connectivity index (χ2n) is 4.49. The molecule has 0 amide bonds. The molecule has 3 aromatic rings. The molecule has 0 radical (unpaired) electrons. The Morgan fingerprint density at radius 3 is 2.76 bits per heavy atom. The number of thioether (sulfide) groups is 1. The van der Waals surface area contributed by atoms with Crippen LogP contribution in [-0.4, -0.2) is 15.0 Å². The molecule has 0 saturated heterocycles. The van der Waals surface area contributed by atoms with Gasteiger partial charge in [-0.1, -0.05) is 42.1 Å². The highest BCUT2D eigenvalue weighted by Crippen LogP contribution is 2.29. The fourth-order valence-corrected chi connectivity index (χ4v) is 3.71. The monoisotopic (exact) mass is 314 g/mol. The number of nitrogens with zero attached hydrogens (tertiary/aromatic N) is 3. The van der Waals surface area contributed by atoms with Gasteiger partial charge in [-0.3, -0.25) is 0 Å². The van der Waals surface area contributed by atoms with Crippen molar-refractivity contribution in [3.63, 3.8) is 0 Å². The Balaban J connectivity index is 1.70. The largest absolute Gasteiger partial charge is 0.384 e. The molecule has 0 aliphatic rings. The lowest BCUT2D eigenvalue weighted by molar-refractivity contribution is 0.940. The van der Waals surface area contributed by atoms with Crippen LogP contribution in [0.3, 0.4) is 0 Å². The van der Waals surface area contributed by atoms with E-state index in [4.69, 9.17) is 5.73 Å². The van der Waals surface area contributed by atoms with E-state index in [0.29, 0.717) is 11.0 Å². The molecule has 4 nitrogen and oxygen atoms in total. The van der Waals surface area contributed by atoms with Crippen LogP contribution in [0.5, 0.6) is 0 Å². The topological polar surface area (TPSA) is 64.7 Å². The van der Waals surface area contributed by atoms with Crippen LogP contribution in [0.25, 0.3) is 10.4 Å². The summed E-state index contributed by atoms with van der Waals surface area (Å²) in [5, 5.41) is 1.76. The predicted molar refractivity (Wildman–Crippen MR) is 88.3 cm³/mol. The third-order valence-electron chi connectivity index (χ3n) is 2.79. The summed E-state index contributed by atoms with van der Waals surface area (Å²) in [5.74, 6) is 1.26. The van der Waals surface area contributed by atoms with Crippen molar-refractivity contribution < 1.29 is 0 Å². The van der Waals surface area contributed by atoms with E-state index < -0.39 is 0 Å². The number of benzene rings is 1. The van der Waals surface area contributed by atoms with Crippen molar-refractivity contribution in [2.75, 3.05) is 5.73 Å². The maximum atomic E-state index is 5.73. The molecule has 0 unspecified atom stereocenters. The van der Waals surface area contributed by atoms with Crippen LogP contribution in [0, 0.1) is 6.92 Å². The number of rotatable bonds is 4. The van der Waals surface area contributed by atoms with Crippen LogP contribution in [0.4, 0.5) is 5.82 Å². The highest BCUT2D eigenvalue weighted by atomic mass is 32.2. The van der Waals surface area contributed by atoms with Crippen LogP contribution >= 0.6 is 23.1 Å².